The third kappa shape index (κ3) is 4.59. The van der Waals surface area contributed by atoms with Gasteiger partial charge in [-0.25, -0.2) is 4.39 Å². The lowest BCUT2D eigenvalue weighted by Gasteiger charge is -2.27. The molecule has 2 aromatic carbocycles. The Labute approximate surface area is 202 Å². The molecule has 3 aromatic rings. The number of hydrogen-bond acceptors (Lipinski definition) is 5. The minimum absolute atomic E-state index is 0.0234. The molecule has 0 aliphatic carbocycles. The maximum absolute atomic E-state index is 14.0. The lowest BCUT2D eigenvalue weighted by molar-refractivity contribution is -0.908. The first kappa shape index (κ1) is 23.3. The van der Waals surface area contributed by atoms with Gasteiger partial charge in [-0.2, -0.15) is 0 Å². The van der Waals surface area contributed by atoms with E-state index in [1.807, 2.05) is 24.3 Å². The summed E-state index contributed by atoms with van der Waals surface area (Å²) in [4.78, 5) is 30.2. The molecule has 0 spiro atoms. The Morgan fingerprint density at radius 1 is 1.17 bits per heavy atom. The SMILES string of the molecule is C=CCOc1cccc([C@@H]2c3c(oc4ccc(F)cc4c3=O)C(=O)N2CCC[NH+]2CCOCC2)c1. The van der Waals surface area contributed by atoms with Crippen LogP contribution in [0.1, 0.15) is 34.1 Å². The third-order valence-electron chi connectivity index (χ3n) is 6.60. The van der Waals surface area contributed by atoms with Crippen molar-refractivity contribution in [3.8, 4) is 5.75 Å². The highest BCUT2D eigenvalue weighted by atomic mass is 19.1. The Bertz CT molecular complexity index is 1310. The number of fused-ring (bicyclic) bond motifs is 2. The van der Waals surface area contributed by atoms with Crippen molar-refractivity contribution in [2.24, 2.45) is 0 Å². The number of nitrogens with one attached hydrogen (secondary N) is 1. The molecule has 0 radical (unpaired) electrons. The van der Waals surface area contributed by atoms with Gasteiger partial charge < -0.3 is 23.7 Å². The van der Waals surface area contributed by atoms with E-state index in [0.29, 0.717) is 18.9 Å². The molecule has 0 unspecified atom stereocenters. The molecule has 2 aliphatic heterocycles. The van der Waals surface area contributed by atoms with Crippen LogP contribution in [-0.2, 0) is 4.74 Å². The molecule has 0 saturated carbocycles. The van der Waals surface area contributed by atoms with E-state index in [-0.39, 0.29) is 28.2 Å². The summed E-state index contributed by atoms with van der Waals surface area (Å²) in [6.45, 7) is 8.73. The van der Waals surface area contributed by atoms with Crippen LogP contribution >= 0.6 is 0 Å². The molecule has 1 amide bonds. The fourth-order valence-electron chi connectivity index (χ4n) is 4.91. The number of morpholine rings is 1. The van der Waals surface area contributed by atoms with E-state index in [1.54, 1.807) is 11.0 Å². The predicted octanol–water partition coefficient (Wildman–Crippen LogP) is 2.35. The number of amides is 1. The number of ether oxygens (including phenoxy) is 2. The second kappa shape index (κ2) is 10.0. The zero-order chi connectivity index (χ0) is 24.4. The summed E-state index contributed by atoms with van der Waals surface area (Å²) < 4.78 is 31.0. The first-order valence-corrected chi connectivity index (χ1v) is 11.9. The molecule has 8 heteroatoms. The lowest BCUT2D eigenvalue weighted by Crippen LogP contribution is -3.14. The van der Waals surface area contributed by atoms with Gasteiger partial charge in [-0.1, -0.05) is 24.8 Å². The zero-order valence-corrected chi connectivity index (χ0v) is 19.4. The van der Waals surface area contributed by atoms with Crippen molar-refractivity contribution in [2.75, 3.05) is 46.0 Å². The number of carbonyl (C=O) groups is 1. The molecule has 3 heterocycles. The molecule has 1 atom stereocenters. The highest BCUT2D eigenvalue weighted by Crippen LogP contribution is 2.39. The van der Waals surface area contributed by atoms with Gasteiger partial charge in [0, 0.05) is 13.0 Å². The monoisotopic (exact) mass is 479 g/mol. The molecule has 5 rings (SSSR count). The molecule has 1 saturated heterocycles. The first-order valence-electron chi connectivity index (χ1n) is 11.9. The molecule has 182 valence electrons. The average Bonchev–Trinajstić information content (AvgIpc) is 3.16. The van der Waals surface area contributed by atoms with Crippen LogP contribution in [-0.4, -0.2) is 56.8 Å². The van der Waals surface area contributed by atoms with Crippen LogP contribution in [0.5, 0.6) is 5.75 Å². The summed E-state index contributed by atoms with van der Waals surface area (Å²) >= 11 is 0. The van der Waals surface area contributed by atoms with Gasteiger partial charge >= 0.3 is 0 Å². The Kier molecular flexibility index (Phi) is 6.66. The summed E-state index contributed by atoms with van der Waals surface area (Å²) in [5.74, 6) is -0.231. The largest absolute Gasteiger partial charge is 0.490 e. The molecular formula is C27H28FN2O5+. The van der Waals surface area contributed by atoms with E-state index >= 15 is 0 Å². The van der Waals surface area contributed by atoms with Crippen molar-refractivity contribution in [3.05, 3.63) is 88.0 Å². The van der Waals surface area contributed by atoms with Gasteiger partial charge in [0.15, 0.2) is 5.43 Å². The van der Waals surface area contributed by atoms with E-state index in [9.17, 15) is 14.0 Å². The van der Waals surface area contributed by atoms with E-state index in [2.05, 4.69) is 6.58 Å². The van der Waals surface area contributed by atoms with Crippen molar-refractivity contribution < 1.29 is 28.0 Å². The van der Waals surface area contributed by atoms with Crippen LogP contribution < -0.4 is 15.1 Å². The summed E-state index contributed by atoms with van der Waals surface area (Å²) in [6.07, 6.45) is 2.41. The Morgan fingerprint density at radius 2 is 2.00 bits per heavy atom. The van der Waals surface area contributed by atoms with E-state index in [4.69, 9.17) is 13.9 Å². The van der Waals surface area contributed by atoms with Crippen molar-refractivity contribution in [1.29, 1.82) is 0 Å². The van der Waals surface area contributed by atoms with Gasteiger partial charge in [0.05, 0.1) is 36.8 Å². The molecule has 0 bridgehead atoms. The molecule has 1 N–H and O–H groups in total. The zero-order valence-electron chi connectivity index (χ0n) is 19.4. The predicted molar refractivity (Wildman–Crippen MR) is 128 cm³/mol. The summed E-state index contributed by atoms with van der Waals surface area (Å²) in [7, 11) is 0. The fourth-order valence-corrected chi connectivity index (χ4v) is 4.91. The van der Waals surface area contributed by atoms with Crippen molar-refractivity contribution in [3.63, 3.8) is 0 Å². The Morgan fingerprint density at radius 3 is 2.80 bits per heavy atom. The van der Waals surface area contributed by atoms with Crippen molar-refractivity contribution >= 4 is 16.9 Å². The molecule has 7 nitrogen and oxygen atoms in total. The fraction of sp³-hybridized carbons (Fsp3) is 0.333. The Balaban J connectivity index is 1.54. The molecule has 1 fully saturated rings. The number of rotatable bonds is 8. The smallest absolute Gasteiger partial charge is 0.290 e. The summed E-state index contributed by atoms with van der Waals surface area (Å²) in [5, 5.41) is 0.125. The summed E-state index contributed by atoms with van der Waals surface area (Å²) in [6, 6.07) is 10.5. The van der Waals surface area contributed by atoms with Crippen LogP contribution in [0.25, 0.3) is 11.0 Å². The first-order chi connectivity index (χ1) is 17.1. The number of carbonyl (C=O) groups excluding carboxylic acids is 1. The van der Waals surface area contributed by atoms with Crippen LogP contribution in [0.2, 0.25) is 0 Å². The van der Waals surface area contributed by atoms with E-state index in [1.165, 1.54) is 17.0 Å². The standard InChI is InChI=1S/C27H27FN2O5/c1-2-13-34-20-6-3-5-18(16-20)24-23-25(31)21-17-19(28)7-8-22(21)35-26(23)27(32)30(24)10-4-9-29-11-14-33-15-12-29/h2-3,5-8,16-17,24H,1,4,9-15H2/p+1/t24-/m1/s1. The quantitative estimate of drug-likeness (QED) is 0.502. The van der Waals surface area contributed by atoms with Crippen LogP contribution in [0.15, 0.2) is 64.3 Å². The molecule has 1 aromatic heterocycles. The number of nitrogens with zero attached hydrogens (tertiary/aromatic N) is 1. The highest BCUT2D eigenvalue weighted by Gasteiger charge is 2.42. The van der Waals surface area contributed by atoms with Gasteiger partial charge in [0.1, 0.15) is 36.8 Å². The highest BCUT2D eigenvalue weighted by molar-refractivity contribution is 5.99. The van der Waals surface area contributed by atoms with Gasteiger partial charge in [-0.05, 0) is 35.9 Å². The normalized spacial score (nSPS) is 18.1. The van der Waals surface area contributed by atoms with Crippen LogP contribution in [0.4, 0.5) is 4.39 Å². The topological polar surface area (TPSA) is 73.4 Å². The number of halogens is 1. The number of hydrogen-bond donors (Lipinski definition) is 1. The van der Waals surface area contributed by atoms with Gasteiger partial charge in [0.25, 0.3) is 5.91 Å². The van der Waals surface area contributed by atoms with Gasteiger partial charge in [-0.15, -0.1) is 0 Å². The second-order valence-corrected chi connectivity index (χ2v) is 8.85. The maximum Gasteiger partial charge on any atom is 0.290 e. The van der Waals surface area contributed by atoms with Crippen LogP contribution in [0, 0.1) is 5.82 Å². The number of quaternary nitrogens is 1. The minimum atomic E-state index is -0.645. The van der Waals surface area contributed by atoms with E-state index < -0.39 is 17.3 Å². The molecule has 2 aliphatic rings. The number of benzene rings is 2. The second-order valence-electron chi connectivity index (χ2n) is 8.85. The summed E-state index contributed by atoms with van der Waals surface area (Å²) in [5.41, 5.74) is 0.788. The van der Waals surface area contributed by atoms with Crippen LogP contribution in [0.3, 0.4) is 0 Å². The Hall–Kier alpha value is -3.49. The lowest BCUT2D eigenvalue weighted by atomic mass is 9.98. The maximum atomic E-state index is 14.0. The minimum Gasteiger partial charge on any atom is -0.490 e. The van der Waals surface area contributed by atoms with Gasteiger partial charge in [-0.3, -0.25) is 9.59 Å². The van der Waals surface area contributed by atoms with E-state index in [0.717, 1.165) is 50.9 Å². The third-order valence-corrected chi connectivity index (χ3v) is 6.60. The van der Waals surface area contributed by atoms with Crippen molar-refractivity contribution in [2.45, 2.75) is 12.5 Å². The van der Waals surface area contributed by atoms with Gasteiger partial charge in [0.2, 0.25) is 5.76 Å². The molecular weight excluding hydrogens is 451 g/mol. The average molecular weight is 480 g/mol. The van der Waals surface area contributed by atoms with Crippen molar-refractivity contribution in [1.82, 2.24) is 4.90 Å². The molecule has 35 heavy (non-hydrogen) atoms.